The van der Waals surface area contributed by atoms with Crippen LogP contribution in [0.25, 0.3) is 50.1 Å². The summed E-state index contributed by atoms with van der Waals surface area (Å²) in [7, 11) is 0. The first kappa shape index (κ1) is 29.4. The highest BCUT2D eigenvalue weighted by molar-refractivity contribution is 6.02. The average molecular weight is 659 g/mol. The Kier molecular flexibility index (Phi) is 5.48. The zero-order chi connectivity index (χ0) is 34.6. The summed E-state index contributed by atoms with van der Waals surface area (Å²) in [6.07, 6.45) is 4.72. The van der Waals surface area contributed by atoms with E-state index in [2.05, 4.69) is 172 Å². The number of fused-ring (bicyclic) bond motifs is 5. The number of aromatic nitrogens is 1. The molecule has 0 saturated carbocycles. The highest BCUT2D eigenvalue weighted by atomic mass is 15.1. The van der Waals surface area contributed by atoms with Gasteiger partial charge in [-0.3, -0.25) is 0 Å². The lowest BCUT2D eigenvalue weighted by atomic mass is 9.68. The molecular weight excluding hydrogens is 617 g/mol. The third-order valence-electron chi connectivity index (χ3n) is 13.2. The summed E-state index contributed by atoms with van der Waals surface area (Å²) < 4.78 is 2.67. The fourth-order valence-corrected chi connectivity index (χ4v) is 10.6. The average Bonchev–Trinajstić information content (AvgIpc) is 3.59. The fraction of sp³-hybridized carbons (Fsp3) is 0.224. The van der Waals surface area contributed by atoms with Crippen LogP contribution in [0, 0.1) is 0 Å². The Bertz CT molecular complexity index is 2830. The molecule has 11 rings (SSSR count). The molecule has 3 heterocycles. The second-order valence-electron chi connectivity index (χ2n) is 16.9. The molecular formula is C49H42N2. The maximum absolute atomic E-state index is 2.67. The number of anilines is 3. The van der Waals surface area contributed by atoms with Crippen LogP contribution in [0.2, 0.25) is 0 Å². The Morgan fingerprint density at radius 2 is 1.22 bits per heavy atom. The molecule has 6 aromatic carbocycles. The van der Waals surface area contributed by atoms with Gasteiger partial charge in [-0.15, -0.1) is 0 Å². The molecule has 0 unspecified atom stereocenters. The van der Waals surface area contributed by atoms with E-state index in [-0.39, 0.29) is 16.2 Å². The van der Waals surface area contributed by atoms with Crippen LogP contribution in [-0.4, -0.2) is 4.57 Å². The van der Waals surface area contributed by atoms with E-state index < -0.39 is 0 Å². The highest BCUT2D eigenvalue weighted by Crippen LogP contribution is 2.54. The van der Waals surface area contributed by atoms with Crippen molar-refractivity contribution in [1.29, 1.82) is 0 Å². The van der Waals surface area contributed by atoms with Crippen molar-refractivity contribution in [3.63, 3.8) is 0 Å². The maximum Gasteiger partial charge on any atom is 0.0583 e. The van der Waals surface area contributed by atoms with Crippen molar-refractivity contribution in [2.24, 2.45) is 0 Å². The molecule has 0 N–H and O–H groups in total. The number of nitrogens with zero attached hydrogens (tertiary/aromatic N) is 2. The van der Waals surface area contributed by atoms with Crippen LogP contribution in [-0.2, 0) is 16.2 Å². The molecule has 0 amide bonds. The summed E-state index contributed by atoms with van der Waals surface area (Å²) in [5, 5.41) is 6.75. The molecule has 248 valence electrons. The number of hydrogen-bond acceptors (Lipinski definition) is 1. The van der Waals surface area contributed by atoms with Crippen molar-refractivity contribution in [3.05, 3.63) is 154 Å². The van der Waals surface area contributed by atoms with E-state index in [1.54, 1.807) is 5.57 Å². The van der Waals surface area contributed by atoms with Gasteiger partial charge in [-0.2, -0.15) is 0 Å². The monoisotopic (exact) mass is 658 g/mol. The highest BCUT2D eigenvalue weighted by Gasteiger charge is 2.44. The lowest BCUT2D eigenvalue weighted by Gasteiger charge is -2.42. The van der Waals surface area contributed by atoms with Crippen LogP contribution in [0.4, 0.5) is 17.1 Å². The van der Waals surface area contributed by atoms with E-state index in [4.69, 9.17) is 0 Å². The molecule has 0 atom stereocenters. The molecule has 2 aliphatic carbocycles. The fourth-order valence-electron chi connectivity index (χ4n) is 10.6. The Hall–Kier alpha value is -5.34. The lowest BCUT2D eigenvalue weighted by Crippen LogP contribution is -2.45. The van der Waals surface area contributed by atoms with Crippen LogP contribution in [0.3, 0.4) is 0 Å². The quantitative estimate of drug-likeness (QED) is 0.183. The predicted octanol–water partition coefficient (Wildman–Crippen LogP) is 11.2. The predicted molar refractivity (Wildman–Crippen MR) is 215 cm³/mol. The molecule has 1 aromatic heterocycles. The number of rotatable bonds is 3. The van der Waals surface area contributed by atoms with Crippen LogP contribution in [0.5, 0.6) is 0 Å². The molecule has 0 saturated heterocycles. The molecule has 2 aliphatic heterocycles. The van der Waals surface area contributed by atoms with Crippen LogP contribution < -0.4 is 15.5 Å². The van der Waals surface area contributed by atoms with Crippen molar-refractivity contribution in [3.8, 4) is 16.8 Å². The summed E-state index contributed by atoms with van der Waals surface area (Å²) in [5.74, 6) is 0. The van der Waals surface area contributed by atoms with E-state index >= 15 is 0 Å². The Balaban J connectivity index is 1.26. The first-order chi connectivity index (χ1) is 24.6. The van der Waals surface area contributed by atoms with E-state index in [9.17, 15) is 0 Å². The van der Waals surface area contributed by atoms with Gasteiger partial charge in [0.2, 0.25) is 0 Å². The molecule has 0 spiro atoms. The third-order valence-corrected chi connectivity index (χ3v) is 13.2. The molecule has 0 fully saturated rings. The molecule has 7 aromatic rings. The number of benzene rings is 6. The molecule has 0 radical (unpaired) electrons. The summed E-state index contributed by atoms with van der Waals surface area (Å²) in [5.41, 5.74) is 17.5. The van der Waals surface area contributed by atoms with Crippen molar-refractivity contribution in [1.82, 2.24) is 4.57 Å². The van der Waals surface area contributed by atoms with Gasteiger partial charge < -0.3 is 9.47 Å². The third kappa shape index (κ3) is 3.53. The van der Waals surface area contributed by atoms with Gasteiger partial charge >= 0.3 is 0 Å². The molecule has 51 heavy (non-hydrogen) atoms. The van der Waals surface area contributed by atoms with Gasteiger partial charge in [-0.05, 0) is 93.1 Å². The van der Waals surface area contributed by atoms with E-state index in [0.717, 1.165) is 12.8 Å². The van der Waals surface area contributed by atoms with E-state index in [1.807, 2.05) is 0 Å². The van der Waals surface area contributed by atoms with E-state index in [0.29, 0.717) is 0 Å². The Morgan fingerprint density at radius 3 is 2.08 bits per heavy atom. The van der Waals surface area contributed by atoms with Gasteiger partial charge in [0.25, 0.3) is 0 Å². The summed E-state index contributed by atoms with van der Waals surface area (Å²) in [4.78, 5) is 2.56. The largest absolute Gasteiger partial charge is 0.310 e. The van der Waals surface area contributed by atoms with Crippen molar-refractivity contribution >= 4 is 50.4 Å². The minimum atomic E-state index is -0.184. The zero-order valence-electron chi connectivity index (χ0n) is 30.4. The number of hydrogen-bond donors (Lipinski definition) is 0. The van der Waals surface area contributed by atoms with Gasteiger partial charge in [-0.1, -0.05) is 133 Å². The first-order valence-corrected chi connectivity index (χ1v) is 18.7. The topological polar surface area (TPSA) is 8.17 Å². The SMILES string of the molecule is CC1(C)C2=c3c(c4cc(N(c5ccc6c(c5)C(C)(C)c5ccccc5-6)c5cccc6ccccc56)cc5c4n3-c3c1cccc3C5(C)C)=CCC2. The normalized spacial score (nSPS) is 17.6. The maximum atomic E-state index is 2.67. The molecule has 0 bridgehead atoms. The van der Waals surface area contributed by atoms with Crippen molar-refractivity contribution in [2.75, 3.05) is 4.90 Å². The van der Waals surface area contributed by atoms with Gasteiger partial charge in [0.05, 0.1) is 22.2 Å². The lowest BCUT2D eigenvalue weighted by molar-refractivity contribution is 0.591. The van der Waals surface area contributed by atoms with Gasteiger partial charge in [0, 0.05) is 43.6 Å². The standard InChI is InChI=1S/C49H42N2/c1-47(2)37-19-10-9-17-33(37)34-25-24-30(27-41(34)47)50(43-23-11-15-29-14-7-8-16-32(29)43)31-26-36-35-18-12-20-38-44(35)51-45(36)42(28-31)49(5,6)40-22-13-21-39(46(40)51)48(38,3)4/h7-11,13-19,21-28H,12,20H2,1-6H3. The summed E-state index contributed by atoms with van der Waals surface area (Å²) in [6, 6.07) is 43.9. The Labute approximate surface area is 300 Å². The van der Waals surface area contributed by atoms with Crippen molar-refractivity contribution in [2.45, 2.75) is 70.6 Å². The second kappa shape index (κ2) is 9.50. The molecule has 2 heteroatoms. The van der Waals surface area contributed by atoms with E-state index in [1.165, 1.54) is 93.9 Å². The minimum absolute atomic E-state index is 0.0150. The minimum Gasteiger partial charge on any atom is -0.310 e. The van der Waals surface area contributed by atoms with Crippen LogP contribution >= 0.6 is 0 Å². The summed E-state index contributed by atoms with van der Waals surface area (Å²) >= 11 is 0. The second-order valence-corrected chi connectivity index (χ2v) is 16.9. The number of para-hydroxylation sites is 1. The van der Waals surface area contributed by atoms with Crippen LogP contribution in [0.1, 0.15) is 82.2 Å². The smallest absolute Gasteiger partial charge is 0.0583 e. The van der Waals surface area contributed by atoms with Crippen LogP contribution in [0.15, 0.2) is 115 Å². The summed E-state index contributed by atoms with van der Waals surface area (Å²) in [6.45, 7) is 14.6. The first-order valence-electron chi connectivity index (χ1n) is 18.7. The molecule has 2 nitrogen and oxygen atoms in total. The molecule has 4 aliphatic rings. The van der Waals surface area contributed by atoms with Gasteiger partial charge in [0.15, 0.2) is 0 Å². The van der Waals surface area contributed by atoms with Crippen molar-refractivity contribution < 1.29 is 0 Å². The zero-order valence-corrected chi connectivity index (χ0v) is 30.4. The Morgan fingerprint density at radius 1 is 0.549 bits per heavy atom. The van der Waals surface area contributed by atoms with Gasteiger partial charge in [-0.25, -0.2) is 0 Å². The van der Waals surface area contributed by atoms with Gasteiger partial charge in [0.1, 0.15) is 0 Å².